The van der Waals surface area contributed by atoms with Crippen LogP contribution >= 0.6 is 11.6 Å². The summed E-state index contributed by atoms with van der Waals surface area (Å²) in [6.45, 7) is 1.05. The molecular formula is C27H24ClF3N2O5S. The van der Waals surface area contributed by atoms with E-state index < -0.39 is 38.7 Å². The number of nitrogens with zero attached hydrogens (tertiary/aromatic N) is 2. The molecule has 12 heteroatoms. The molecule has 1 saturated heterocycles. The number of rotatable bonds is 7. The molecule has 2 aliphatic rings. The molecule has 206 valence electrons. The van der Waals surface area contributed by atoms with Crippen LogP contribution in [0.1, 0.15) is 29.9 Å². The third-order valence-electron chi connectivity index (χ3n) is 6.89. The zero-order valence-corrected chi connectivity index (χ0v) is 22.0. The highest BCUT2D eigenvalue weighted by Gasteiger charge is 2.38. The molecule has 2 heterocycles. The molecule has 0 bridgehead atoms. The molecule has 39 heavy (non-hydrogen) atoms. The molecule has 3 aromatic rings. The van der Waals surface area contributed by atoms with E-state index in [0.29, 0.717) is 24.2 Å². The monoisotopic (exact) mass is 580 g/mol. The van der Waals surface area contributed by atoms with E-state index in [9.17, 15) is 26.4 Å². The van der Waals surface area contributed by atoms with E-state index in [1.165, 1.54) is 0 Å². The minimum atomic E-state index is -4.72. The van der Waals surface area contributed by atoms with Gasteiger partial charge in [-0.05, 0) is 54.4 Å². The zero-order valence-electron chi connectivity index (χ0n) is 20.4. The van der Waals surface area contributed by atoms with Gasteiger partial charge in [0.2, 0.25) is 0 Å². The van der Waals surface area contributed by atoms with Crippen LogP contribution in [0.4, 0.5) is 24.5 Å². The Morgan fingerprint density at radius 1 is 1.00 bits per heavy atom. The molecule has 5 rings (SSSR count). The number of anilines is 2. The van der Waals surface area contributed by atoms with Gasteiger partial charge < -0.3 is 14.7 Å². The minimum absolute atomic E-state index is 0.0283. The number of hydrogen-bond donors (Lipinski definition) is 1. The Hall–Kier alpha value is -3.44. The Kier molecular flexibility index (Phi) is 7.15. The highest BCUT2D eigenvalue weighted by Crippen LogP contribution is 2.43. The number of halogens is 4. The summed E-state index contributed by atoms with van der Waals surface area (Å²) in [6.07, 6.45) is -5.74. The summed E-state index contributed by atoms with van der Waals surface area (Å²) >= 11 is 6.31. The SMILES string of the molecule is O=C(O)CC[C@H]1CN(S(=O)(=O)c2cccc(C(F)(F)F)c2)c2cc(C3CN(c4ccccc4Cl)C3)ccc2O1. The fourth-order valence-corrected chi connectivity index (χ4v) is 6.60. The third kappa shape index (κ3) is 5.51. The molecule has 1 fully saturated rings. The lowest BCUT2D eigenvalue weighted by Crippen LogP contribution is -2.46. The van der Waals surface area contributed by atoms with E-state index in [1.807, 2.05) is 24.3 Å². The molecule has 0 spiro atoms. The normalized spacial score (nSPS) is 17.8. The van der Waals surface area contributed by atoms with Gasteiger partial charge in [-0.1, -0.05) is 35.9 Å². The van der Waals surface area contributed by atoms with Gasteiger partial charge in [0.1, 0.15) is 11.9 Å². The Morgan fingerprint density at radius 2 is 1.74 bits per heavy atom. The van der Waals surface area contributed by atoms with Crippen molar-refractivity contribution in [3.8, 4) is 5.75 Å². The highest BCUT2D eigenvalue weighted by atomic mass is 35.5. The van der Waals surface area contributed by atoms with Crippen molar-refractivity contribution in [1.29, 1.82) is 0 Å². The topological polar surface area (TPSA) is 87.2 Å². The van der Waals surface area contributed by atoms with Crippen LogP contribution in [0.25, 0.3) is 0 Å². The van der Waals surface area contributed by atoms with Crippen molar-refractivity contribution in [2.75, 3.05) is 28.8 Å². The van der Waals surface area contributed by atoms with Crippen LogP contribution in [0, 0.1) is 0 Å². The maximum Gasteiger partial charge on any atom is 0.416 e. The second-order valence-corrected chi connectivity index (χ2v) is 11.8. The van der Waals surface area contributed by atoms with Crippen molar-refractivity contribution in [3.63, 3.8) is 0 Å². The maximum atomic E-state index is 13.7. The van der Waals surface area contributed by atoms with Crippen LogP contribution in [0.15, 0.2) is 71.6 Å². The number of aliphatic carboxylic acids is 1. The van der Waals surface area contributed by atoms with Gasteiger partial charge in [-0.2, -0.15) is 13.2 Å². The Bertz CT molecular complexity index is 1510. The summed E-state index contributed by atoms with van der Waals surface area (Å²) in [4.78, 5) is 12.7. The van der Waals surface area contributed by atoms with E-state index in [0.717, 1.165) is 33.8 Å². The first kappa shape index (κ1) is 27.1. The van der Waals surface area contributed by atoms with Crippen molar-refractivity contribution in [2.45, 2.75) is 35.9 Å². The Morgan fingerprint density at radius 3 is 2.44 bits per heavy atom. The fraction of sp³-hybridized carbons (Fsp3) is 0.296. The van der Waals surface area contributed by atoms with E-state index in [2.05, 4.69) is 4.90 Å². The third-order valence-corrected chi connectivity index (χ3v) is 8.99. The van der Waals surface area contributed by atoms with Crippen molar-refractivity contribution in [2.24, 2.45) is 0 Å². The molecule has 1 atom stereocenters. The first-order valence-corrected chi connectivity index (χ1v) is 14.0. The Balaban J connectivity index is 1.47. The maximum absolute atomic E-state index is 13.7. The predicted molar refractivity (Wildman–Crippen MR) is 140 cm³/mol. The fourth-order valence-electron chi connectivity index (χ4n) is 4.80. The molecular weight excluding hydrogens is 557 g/mol. The van der Waals surface area contributed by atoms with Gasteiger partial charge in [0.25, 0.3) is 10.0 Å². The zero-order chi connectivity index (χ0) is 27.9. The lowest BCUT2D eigenvalue weighted by Gasteiger charge is -2.42. The van der Waals surface area contributed by atoms with Gasteiger partial charge in [0.15, 0.2) is 0 Å². The van der Waals surface area contributed by atoms with Gasteiger partial charge in [0.05, 0.1) is 33.4 Å². The lowest BCUT2D eigenvalue weighted by molar-refractivity contribution is -0.138. The summed E-state index contributed by atoms with van der Waals surface area (Å²) in [6, 6.07) is 16.2. The van der Waals surface area contributed by atoms with Crippen LogP contribution in [0.2, 0.25) is 5.02 Å². The molecule has 0 amide bonds. The number of hydrogen-bond acceptors (Lipinski definition) is 5. The number of carboxylic acids is 1. The van der Waals surface area contributed by atoms with Crippen molar-refractivity contribution in [1.82, 2.24) is 0 Å². The number of carbonyl (C=O) groups is 1. The van der Waals surface area contributed by atoms with Crippen LogP contribution in [0.3, 0.4) is 0 Å². The molecule has 0 saturated carbocycles. The number of benzene rings is 3. The van der Waals surface area contributed by atoms with Gasteiger partial charge in [-0.3, -0.25) is 9.10 Å². The Labute approximate surface area is 228 Å². The summed E-state index contributed by atoms with van der Waals surface area (Å²) in [5.74, 6) is -0.785. The van der Waals surface area contributed by atoms with Gasteiger partial charge in [0, 0.05) is 25.4 Å². The van der Waals surface area contributed by atoms with Crippen molar-refractivity contribution >= 4 is 39.0 Å². The van der Waals surface area contributed by atoms with Crippen molar-refractivity contribution < 1.29 is 36.2 Å². The second-order valence-electron chi connectivity index (χ2n) is 9.51. The van der Waals surface area contributed by atoms with Crippen LogP contribution < -0.4 is 13.9 Å². The number of fused-ring (bicyclic) bond motifs is 1. The first-order chi connectivity index (χ1) is 18.4. The highest BCUT2D eigenvalue weighted by molar-refractivity contribution is 7.92. The molecule has 0 aliphatic carbocycles. The second kappa shape index (κ2) is 10.3. The number of sulfonamides is 1. The van der Waals surface area contributed by atoms with Crippen molar-refractivity contribution in [3.05, 3.63) is 82.9 Å². The average molecular weight is 581 g/mol. The standard InChI is InChI=1S/C27H24ClF3N2O5S/c28-22-6-1-2-7-23(22)32-14-18(15-32)17-8-10-25-24(12-17)33(16-20(38-25)9-11-26(34)35)39(36,37)21-5-3-4-19(13-21)27(29,30)31/h1-8,10,12-13,18,20H,9,11,14-16H2,(H,34,35)/t20-/m0/s1. The summed E-state index contributed by atoms with van der Waals surface area (Å²) in [7, 11) is -4.44. The number of ether oxygens (including phenoxy) is 1. The van der Waals surface area contributed by atoms with Gasteiger partial charge in [-0.25, -0.2) is 8.42 Å². The van der Waals surface area contributed by atoms with Crippen LogP contribution in [-0.2, 0) is 21.0 Å². The summed E-state index contributed by atoms with van der Waals surface area (Å²) in [5, 5.41) is 9.72. The van der Waals surface area contributed by atoms with Crippen LogP contribution in [0.5, 0.6) is 5.75 Å². The molecule has 1 N–H and O–H groups in total. The molecule has 3 aromatic carbocycles. The lowest BCUT2D eigenvalue weighted by atomic mass is 9.90. The first-order valence-electron chi connectivity index (χ1n) is 12.2. The minimum Gasteiger partial charge on any atom is -0.486 e. The predicted octanol–water partition coefficient (Wildman–Crippen LogP) is 5.78. The number of para-hydroxylation sites is 1. The molecule has 2 aliphatic heterocycles. The number of carboxylic acid groups (broad SMARTS) is 1. The van der Waals surface area contributed by atoms with E-state index in [-0.39, 0.29) is 36.7 Å². The summed E-state index contributed by atoms with van der Waals surface area (Å²) < 4.78 is 74.4. The van der Waals surface area contributed by atoms with Gasteiger partial charge in [-0.15, -0.1) is 0 Å². The van der Waals surface area contributed by atoms with Gasteiger partial charge >= 0.3 is 12.1 Å². The quantitative estimate of drug-likeness (QED) is 0.381. The van der Waals surface area contributed by atoms with Crippen LogP contribution in [-0.4, -0.2) is 45.2 Å². The number of alkyl halides is 3. The molecule has 0 unspecified atom stereocenters. The largest absolute Gasteiger partial charge is 0.486 e. The molecule has 0 aromatic heterocycles. The van der Waals surface area contributed by atoms with E-state index in [1.54, 1.807) is 18.2 Å². The molecule has 7 nitrogen and oxygen atoms in total. The average Bonchev–Trinajstić information content (AvgIpc) is 2.86. The van der Waals surface area contributed by atoms with E-state index in [4.69, 9.17) is 21.4 Å². The smallest absolute Gasteiger partial charge is 0.416 e. The molecule has 0 radical (unpaired) electrons. The summed E-state index contributed by atoms with van der Waals surface area (Å²) in [5.41, 5.74) is 0.857. The van der Waals surface area contributed by atoms with E-state index >= 15 is 0 Å².